The van der Waals surface area contributed by atoms with Crippen LogP contribution in [0.1, 0.15) is 27.7 Å². The molecule has 106 valence electrons. The number of hydrogen-bond donors (Lipinski definition) is 1. The first-order valence-electron chi connectivity index (χ1n) is 5.96. The number of anilines is 1. The van der Waals surface area contributed by atoms with Crippen LogP contribution in [-0.4, -0.2) is 16.9 Å². The second-order valence-corrected chi connectivity index (χ2v) is 5.38. The van der Waals surface area contributed by atoms with Gasteiger partial charge in [-0.25, -0.2) is 4.98 Å². The highest BCUT2D eigenvalue weighted by molar-refractivity contribution is 7.15. The average Bonchev–Trinajstić information content (AvgIpc) is 2.83. The Balaban J connectivity index is 2.25. The Bertz CT molecular complexity index is 746. The Morgan fingerprint density at radius 2 is 2.19 bits per heavy atom. The predicted molar refractivity (Wildman–Crippen MR) is 77.3 cm³/mol. The summed E-state index contributed by atoms with van der Waals surface area (Å²) >= 11 is 1.35. The van der Waals surface area contributed by atoms with E-state index in [1.807, 2.05) is 13.0 Å². The SMILES string of the molecule is CC(=O)Oc1cc(C(=O)Nc2ncc(C)s2)ccc1C#N. The maximum atomic E-state index is 12.1. The van der Waals surface area contributed by atoms with Gasteiger partial charge in [-0.3, -0.25) is 14.9 Å². The number of nitrogens with one attached hydrogen (secondary N) is 1. The number of hydrogen-bond acceptors (Lipinski definition) is 6. The lowest BCUT2D eigenvalue weighted by Gasteiger charge is -2.06. The van der Waals surface area contributed by atoms with E-state index in [1.54, 1.807) is 6.20 Å². The second kappa shape index (κ2) is 6.15. The van der Waals surface area contributed by atoms with Crippen LogP contribution in [0.4, 0.5) is 5.13 Å². The summed E-state index contributed by atoms with van der Waals surface area (Å²) in [7, 11) is 0. The number of nitrogens with zero attached hydrogens (tertiary/aromatic N) is 2. The first-order valence-corrected chi connectivity index (χ1v) is 6.77. The standard InChI is InChI=1S/C14H11N3O3S/c1-8-7-16-14(21-8)17-13(19)10-3-4-11(6-15)12(5-10)20-9(2)18/h3-5,7H,1-2H3,(H,16,17,19). The number of thiazole rings is 1. The molecule has 0 saturated heterocycles. The van der Waals surface area contributed by atoms with Gasteiger partial charge in [0.25, 0.3) is 5.91 Å². The van der Waals surface area contributed by atoms with Gasteiger partial charge in [0, 0.05) is 23.6 Å². The van der Waals surface area contributed by atoms with Gasteiger partial charge in [-0.1, -0.05) is 0 Å². The van der Waals surface area contributed by atoms with E-state index >= 15 is 0 Å². The van der Waals surface area contributed by atoms with E-state index in [0.29, 0.717) is 5.13 Å². The molecule has 21 heavy (non-hydrogen) atoms. The summed E-state index contributed by atoms with van der Waals surface area (Å²) in [6.45, 7) is 3.11. The van der Waals surface area contributed by atoms with Gasteiger partial charge in [-0.2, -0.15) is 5.26 Å². The molecular formula is C14H11N3O3S. The molecule has 1 N–H and O–H groups in total. The Kier molecular flexibility index (Phi) is 4.30. The Labute approximate surface area is 125 Å². The predicted octanol–water partition coefficient (Wildman–Crippen LogP) is 2.50. The molecule has 0 unspecified atom stereocenters. The smallest absolute Gasteiger partial charge is 0.308 e. The molecule has 1 amide bonds. The summed E-state index contributed by atoms with van der Waals surface area (Å²) in [4.78, 5) is 28.1. The van der Waals surface area contributed by atoms with E-state index in [9.17, 15) is 9.59 Å². The lowest BCUT2D eigenvalue weighted by atomic mass is 10.1. The molecule has 6 nitrogen and oxygen atoms in total. The molecule has 1 aromatic heterocycles. The van der Waals surface area contributed by atoms with Crippen molar-refractivity contribution in [3.05, 3.63) is 40.4 Å². The zero-order valence-electron chi connectivity index (χ0n) is 11.3. The fourth-order valence-corrected chi connectivity index (χ4v) is 2.24. The van der Waals surface area contributed by atoms with Gasteiger partial charge in [-0.15, -0.1) is 11.3 Å². The van der Waals surface area contributed by atoms with Crippen LogP contribution in [0.3, 0.4) is 0 Å². The lowest BCUT2D eigenvalue weighted by Crippen LogP contribution is -2.12. The first-order chi connectivity index (χ1) is 9.99. The van der Waals surface area contributed by atoms with Gasteiger partial charge < -0.3 is 4.74 Å². The molecule has 0 aliphatic carbocycles. The normalized spacial score (nSPS) is 9.76. The third kappa shape index (κ3) is 3.64. The van der Waals surface area contributed by atoms with Crippen molar-refractivity contribution in [2.75, 3.05) is 5.32 Å². The summed E-state index contributed by atoms with van der Waals surface area (Å²) in [6, 6.07) is 6.18. The van der Waals surface area contributed by atoms with E-state index < -0.39 is 5.97 Å². The van der Waals surface area contributed by atoms with Crippen LogP contribution < -0.4 is 10.1 Å². The van der Waals surface area contributed by atoms with Crippen molar-refractivity contribution in [3.63, 3.8) is 0 Å². The van der Waals surface area contributed by atoms with Gasteiger partial charge in [0.2, 0.25) is 0 Å². The molecule has 0 aliphatic rings. The van der Waals surface area contributed by atoms with Crippen LogP contribution in [0.5, 0.6) is 5.75 Å². The molecular weight excluding hydrogens is 290 g/mol. The molecule has 0 bridgehead atoms. The number of carbonyl (C=O) groups is 2. The van der Waals surface area contributed by atoms with Gasteiger partial charge in [0.05, 0.1) is 5.56 Å². The highest BCUT2D eigenvalue weighted by Crippen LogP contribution is 2.22. The quantitative estimate of drug-likeness (QED) is 0.694. The molecule has 0 aliphatic heterocycles. The number of nitriles is 1. The van der Waals surface area contributed by atoms with Gasteiger partial charge in [0.1, 0.15) is 11.8 Å². The number of ether oxygens (including phenoxy) is 1. The number of esters is 1. The monoisotopic (exact) mass is 301 g/mol. The molecule has 0 spiro atoms. The molecule has 0 fully saturated rings. The van der Waals surface area contributed by atoms with E-state index in [0.717, 1.165) is 4.88 Å². The topological polar surface area (TPSA) is 92.1 Å². The van der Waals surface area contributed by atoms with Crippen molar-refractivity contribution < 1.29 is 14.3 Å². The molecule has 0 atom stereocenters. The van der Waals surface area contributed by atoms with Crippen LogP contribution in [0.25, 0.3) is 0 Å². The Morgan fingerprint density at radius 1 is 1.43 bits per heavy atom. The zero-order chi connectivity index (χ0) is 15.4. The van der Waals surface area contributed by atoms with E-state index in [2.05, 4.69) is 10.3 Å². The van der Waals surface area contributed by atoms with Crippen molar-refractivity contribution in [2.45, 2.75) is 13.8 Å². The molecule has 1 aromatic carbocycles. The summed E-state index contributed by atoms with van der Waals surface area (Å²) in [5.41, 5.74) is 0.463. The van der Waals surface area contributed by atoms with Crippen LogP contribution in [0.15, 0.2) is 24.4 Å². The van der Waals surface area contributed by atoms with Crippen molar-refractivity contribution in [2.24, 2.45) is 0 Å². The number of rotatable bonds is 3. The Hall–Kier alpha value is -2.72. The van der Waals surface area contributed by atoms with Crippen molar-refractivity contribution in [1.29, 1.82) is 5.26 Å². The first kappa shape index (κ1) is 14.7. The van der Waals surface area contributed by atoms with E-state index in [1.165, 1.54) is 36.5 Å². The summed E-state index contributed by atoms with van der Waals surface area (Å²) in [6.07, 6.45) is 1.66. The van der Waals surface area contributed by atoms with Crippen molar-refractivity contribution >= 4 is 28.3 Å². The number of aromatic nitrogens is 1. The summed E-state index contributed by atoms with van der Waals surface area (Å²) in [5.74, 6) is -0.880. The maximum Gasteiger partial charge on any atom is 0.308 e. The second-order valence-electron chi connectivity index (χ2n) is 4.15. The van der Waals surface area contributed by atoms with Gasteiger partial charge >= 0.3 is 5.97 Å². The molecule has 0 radical (unpaired) electrons. The summed E-state index contributed by atoms with van der Waals surface area (Å²) < 4.78 is 4.93. The minimum Gasteiger partial charge on any atom is -0.425 e. The van der Waals surface area contributed by atoms with Crippen LogP contribution in [-0.2, 0) is 4.79 Å². The average molecular weight is 301 g/mol. The van der Waals surface area contributed by atoms with Gasteiger partial charge in [0.15, 0.2) is 5.13 Å². The van der Waals surface area contributed by atoms with Crippen molar-refractivity contribution in [1.82, 2.24) is 4.98 Å². The highest BCUT2D eigenvalue weighted by Gasteiger charge is 2.13. The minimum absolute atomic E-state index is 0.0629. The third-order valence-electron chi connectivity index (χ3n) is 2.46. The van der Waals surface area contributed by atoms with Crippen molar-refractivity contribution in [3.8, 4) is 11.8 Å². The fourth-order valence-electron chi connectivity index (χ4n) is 1.58. The molecule has 2 aromatic rings. The number of carbonyl (C=O) groups excluding carboxylic acids is 2. The molecule has 7 heteroatoms. The Morgan fingerprint density at radius 3 is 2.76 bits per heavy atom. The largest absolute Gasteiger partial charge is 0.425 e. The maximum absolute atomic E-state index is 12.1. The lowest BCUT2D eigenvalue weighted by molar-refractivity contribution is -0.131. The third-order valence-corrected chi connectivity index (χ3v) is 3.29. The van der Waals surface area contributed by atoms with Crippen LogP contribution >= 0.6 is 11.3 Å². The molecule has 0 saturated carbocycles. The number of benzene rings is 1. The highest BCUT2D eigenvalue weighted by atomic mass is 32.1. The number of amides is 1. The van der Waals surface area contributed by atoms with E-state index in [-0.39, 0.29) is 22.8 Å². The summed E-state index contributed by atoms with van der Waals surface area (Å²) in [5, 5.41) is 12.1. The zero-order valence-corrected chi connectivity index (χ0v) is 12.2. The van der Waals surface area contributed by atoms with Gasteiger partial charge in [-0.05, 0) is 25.1 Å². The minimum atomic E-state index is -0.556. The number of aryl methyl sites for hydroxylation is 1. The van der Waals surface area contributed by atoms with E-state index in [4.69, 9.17) is 10.00 Å². The van der Waals surface area contributed by atoms with Crippen LogP contribution in [0.2, 0.25) is 0 Å². The fraction of sp³-hybridized carbons (Fsp3) is 0.143. The molecule has 2 rings (SSSR count). The molecule has 1 heterocycles. The van der Waals surface area contributed by atoms with Crippen LogP contribution in [0, 0.1) is 18.3 Å².